The van der Waals surface area contributed by atoms with Crippen molar-refractivity contribution in [2.45, 2.75) is 32.3 Å². The van der Waals surface area contributed by atoms with E-state index < -0.39 is 11.2 Å². The molecule has 122 valence electrons. The first-order valence-corrected chi connectivity index (χ1v) is 9.10. The number of hydrogen-bond acceptors (Lipinski definition) is 3. The molecule has 0 saturated heterocycles. The van der Waals surface area contributed by atoms with E-state index in [0.29, 0.717) is 27.3 Å². The highest BCUT2D eigenvalue weighted by Crippen LogP contribution is 2.28. The first kappa shape index (κ1) is 17.8. The summed E-state index contributed by atoms with van der Waals surface area (Å²) in [5.41, 5.74) is 2.97. The Morgan fingerprint density at radius 3 is 2.52 bits per heavy atom. The predicted molar refractivity (Wildman–Crippen MR) is 94.6 cm³/mol. The standard InChI is InChI=1S/C17H19ClN2O2S/c1-4-13-6-8-14(9-7-13)20-16(18)15(10-12(3)11-21)19-17(20)23(22)5-2/h6-11H,4-5H2,1-3H3. The molecule has 1 aromatic carbocycles. The van der Waals surface area contributed by atoms with Crippen molar-refractivity contribution >= 4 is 35.1 Å². The first-order chi connectivity index (χ1) is 11.0. The Kier molecular flexibility index (Phi) is 6.04. The van der Waals surface area contributed by atoms with E-state index in [1.54, 1.807) is 17.6 Å². The van der Waals surface area contributed by atoms with Gasteiger partial charge in [-0.25, -0.2) is 4.57 Å². The number of imidazole rings is 1. The average Bonchev–Trinajstić information content (AvgIpc) is 2.90. The van der Waals surface area contributed by atoms with Gasteiger partial charge in [0.25, 0.3) is 0 Å². The SMILES string of the molecule is CCc1ccc(-n2c([S+]([O-])CC)nc(C=C(C)C=O)c2Cl)cc1. The molecule has 23 heavy (non-hydrogen) atoms. The van der Waals surface area contributed by atoms with Gasteiger partial charge in [0.2, 0.25) is 0 Å². The summed E-state index contributed by atoms with van der Waals surface area (Å²) < 4.78 is 14.0. The van der Waals surface area contributed by atoms with Crippen molar-refractivity contribution in [3.8, 4) is 5.69 Å². The summed E-state index contributed by atoms with van der Waals surface area (Å²) in [6.07, 6.45) is 3.28. The van der Waals surface area contributed by atoms with Crippen LogP contribution in [0.1, 0.15) is 32.0 Å². The van der Waals surface area contributed by atoms with Crippen LogP contribution in [0, 0.1) is 0 Å². The number of allylic oxidation sites excluding steroid dienone is 1. The van der Waals surface area contributed by atoms with E-state index in [1.165, 1.54) is 5.56 Å². The van der Waals surface area contributed by atoms with Crippen molar-refractivity contribution < 1.29 is 9.35 Å². The highest BCUT2D eigenvalue weighted by atomic mass is 35.5. The van der Waals surface area contributed by atoms with Crippen LogP contribution in [-0.4, -0.2) is 26.1 Å². The summed E-state index contributed by atoms with van der Waals surface area (Å²) >= 11 is 5.18. The van der Waals surface area contributed by atoms with Crippen LogP contribution in [-0.2, 0) is 22.4 Å². The monoisotopic (exact) mass is 350 g/mol. The van der Waals surface area contributed by atoms with Gasteiger partial charge in [-0.15, -0.1) is 0 Å². The van der Waals surface area contributed by atoms with Crippen molar-refractivity contribution in [2.24, 2.45) is 0 Å². The van der Waals surface area contributed by atoms with E-state index in [4.69, 9.17) is 11.6 Å². The molecule has 6 heteroatoms. The third-order valence-corrected chi connectivity index (χ3v) is 5.00. The lowest BCUT2D eigenvalue weighted by Crippen LogP contribution is -2.11. The molecule has 2 aromatic rings. The van der Waals surface area contributed by atoms with Gasteiger partial charge < -0.3 is 4.55 Å². The normalized spacial score (nSPS) is 13.2. The molecule has 0 N–H and O–H groups in total. The minimum Gasteiger partial charge on any atom is -0.609 e. The lowest BCUT2D eigenvalue weighted by atomic mass is 10.1. The zero-order valence-corrected chi connectivity index (χ0v) is 14.9. The number of nitrogens with zero attached hydrogens (tertiary/aromatic N) is 2. The largest absolute Gasteiger partial charge is 0.609 e. The number of halogens is 1. The minimum atomic E-state index is -1.27. The fourth-order valence-corrected chi connectivity index (χ4v) is 3.31. The van der Waals surface area contributed by atoms with Crippen LogP contribution in [0.2, 0.25) is 5.15 Å². The number of rotatable bonds is 6. The second-order valence-electron chi connectivity index (χ2n) is 5.07. The van der Waals surface area contributed by atoms with Gasteiger partial charge in [0.1, 0.15) is 22.9 Å². The molecule has 0 saturated carbocycles. The molecule has 0 amide bonds. The fourth-order valence-electron chi connectivity index (χ4n) is 2.13. The highest BCUT2D eigenvalue weighted by Gasteiger charge is 2.24. The smallest absolute Gasteiger partial charge is 0.329 e. The first-order valence-electron chi connectivity index (χ1n) is 7.41. The fraction of sp³-hybridized carbons (Fsp3) is 0.294. The molecule has 1 heterocycles. The molecular formula is C17H19ClN2O2S. The van der Waals surface area contributed by atoms with Gasteiger partial charge in [-0.2, -0.15) is 4.98 Å². The van der Waals surface area contributed by atoms with Crippen molar-refractivity contribution in [3.05, 3.63) is 46.2 Å². The second-order valence-corrected chi connectivity index (χ2v) is 7.06. The Morgan fingerprint density at radius 1 is 1.35 bits per heavy atom. The molecule has 0 bridgehead atoms. The molecule has 1 unspecified atom stereocenters. The summed E-state index contributed by atoms with van der Waals surface area (Å²) in [6, 6.07) is 7.89. The van der Waals surface area contributed by atoms with E-state index in [2.05, 4.69) is 11.9 Å². The van der Waals surface area contributed by atoms with Crippen molar-refractivity contribution in [2.75, 3.05) is 5.75 Å². The van der Waals surface area contributed by atoms with Crippen molar-refractivity contribution in [3.63, 3.8) is 0 Å². The van der Waals surface area contributed by atoms with Crippen molar-refractivity contribution in [1.82, 2.24) is 9.55 Å². The molecule has 0 aliphatic heterocycles. The Hall–Kier alpha value is -1.56. The summed E-state index contributed by atoms with van der Waals surface area (Å²) in [5.74, 6) is 0.441. The van der Waals surface area contributed by atoms with Crippen LogP contribution < -0.4 is 0 Å². The van der Waals surface area contributed by atoms with E-state index >= 15 is 0 Å². The Morgan fingerprint density at radius 2 is 2.00 bits per heavy atom. The van der Waals surface area contributed by atoms with Crippen LogP contribution >= 0.6 is 11.6 Å². The van der Waals surface area contributed by atoms with Gasteiger partial charge in [0.05, 0.1) is 5.69 Å². The topological polar surface area (TPSA) is 57.9 Å². The summed E-state index contributed by atoms with van der Waals surface area (Å²) in [4.78, 5) is 15.2. The zero-order chi connectivity index (χ0) is 17.0. The van der Waals surface area contributed by atoms with Crippen LogP contribution in [0.4, 0.5) is 0 Å². The lowest BCUT2D eigenvalue weighted by Gasteiger charge is -2.11. The van der Waals surface area contributed by atoms with Gasteiger partial charge in [-0.1, -0.05) is 30.7 Å². The molecule has 0 radical (unpaired) electrons. The summed E-state index contributed by atoms with van der Waals surface area (Å²) in [7, 11) is 0. The predicted octanol–water partition coefficient (Wildman–Crippen LogP) is 3.82. The van der Waals surface area contributed by atoms with Crippen molar-refractivity contribution in [1.29, 1.82) is 0 Å². The minimum absolute atomic E-state index is 0.354. The zero-order valence-electron chi connectivity index (χ0n) is 13.4. The highest BCUT2D eigenvalue weighted by molar-refractivity contribution is 7.91. The van der Waals surface area contributed by atoms with Gasteiger partial charge in [-0.05, 0) is 49.6 Å². The number of aryl methyl sites for hydroxylation is 1. The number of aldehydes is 1. The van der Waals surface area contributed by atoms with Crippen LogP contribution in [0.3, 0.4) is 0 Å². The number of hydrogen-bond donors (Lipinski definition) is 0. The maximum atomic E-state index is 12.3. The van der Waals surface area contributed by atoms with Crippen LogP contribution in [0.15, 0.2) is 35.0 Å². The molecular weight excluding hydrogens is 332 g/mol. The molecule has 0 fully saturated rings. The number of aromatic nitrogens is 2. The molecule has 2 rings (SSSR count). The van der Waals surface area contributed by atoms with E-state index in [9.17, 15) is 9.35 Å². The second kappa shape index (κ2) is 7.81. The van der Waals surface area contributed by atoms with Gasteiger partial charge >= 0.3 is 5.16 Å². The van der Waals surface area contributed by atoms with Gasteiger partial charge in [0.15, 0.2) is 0 Å². The number of carbonyl (C=O) groups is 1. The molecule has 0 spiro atoms. The van der Waals surface area contributed by atoms with Gasteiger partial charge in [-0.3, -0.25) is 4.79 Å². The Balaban J connectivity index is 2.61. The summed E-state index contributed by atoms with van der Waals surface area (Å²) in [6.45, 7) is 5.59. The maximum Gasteiger partial charge on any atom is 0.329 e. The number of benzene rings is 1. The quantitative estimate of drug-likeness (QED) is 0.452. The van der Waals surface area contributed by atoms with Crippen LogP contribution in [0.5, 0.6) is 0 Å². The van der Waals surface area contributed by atoms with E-state index in [0.717, 1.165) is 18.4 Å². The van der Waals surface area contributed by atoms with Crippen LogP contribution in [0.25, 0.3) is 11.8 Å². The Labute approximate surface area is 144 Å². The molecule has 1 aromatic heterocycles. The van der Waals surface area contributed by atoms with E-state index in [1.807, 2.05) is 31.2 Å². The Bertz CT molecular complexity index is 723. The van der Waals surface area contributed by atoms with Gasteiger partial charge in [0, 0.05) is 11.2 Å². The molecule has 0 aliphatic carbocycles. The lowest BCUT2D eigenvalue weighted by molar-refractivity contribution is -0.104. The molecule has 1 atom stereocenters. The molecule has 0 aliphatic rings. The number of carbonyl (C=O) groups excluding carboxylic acids is 1. The van der Waals surface area contributed by atoms with E-state index in [-0.39, 0.29) is 0 Å². The third-order valence-electron chi connectivity index (χ3n) is 3.43. The molecule has 4 nitrogen and oxygen atoms in total. The maximum absolute atomic E-state index is 12.3. The average molecular weight is 351 g/mol. The summed E-state index contributed by atoms with van der Waals surface area (Å²) in [5, 5.41) is 0.749. The third kappa shape index (κ3) is 3.86.